The number of aromatic nitrogens is 1. The molecule has 1 unspecified atom stereocenters. The highest BCUT2D eigenvalue weighted by molar-refractivity contribution is 6.05. The number of pyridine rings is 1. The van der Waals surface area contributed by atoms with Crippen LogP contribution in [-0.2, 0) is 29.3 Å². The number of carbonyl (C=O) groups is 3. The van der Waals surface area contributed by atoms with Crippen LogP contribution in [0, 0.1) is 0 Å². The van der Waals surface area contributed by atoms with Crippen molar-refractivity contribution in [2.24, 2.45) is 0 Å². The number of benzene rings is 2. The smallest absolute Gasteiger partial charge is 0.255 e. The number of fused-ring (bicyclic) bond motifs is 1. The lowest BCUT2D eigenvalue weighted by Crippen LogP contribution is -2.52. The van der Waals surface area contributed by atoms with Gasteiger partial charge < -0.3 is 15.0 Å². The van der Waals surface area contributed by atoms with E-state index >= 15 is 0 Å². The first-order valence-corrected chi connectivity index (χ1v) is 13.0. The van der Waals surface area contributed by atoms with Gasteiger partial charge in [0.1, 0.15) is 18.4 Å². The number of carbonyl (C=O) groups excluding carboxylic acids is 3. The Balaban J connectivity index is 1.16. The Morgan fingerprint density at radius 2 is 1.90 bits per heavy atom. The summed E-state index contributed by atoms with van der Waals surface area (Å²) in [6.07, 6.45) is 8.30. The van der Waals surface area contributed by atoms with Crippen molar-refractivity contribution in [2.45, 2.75) is 45.5 Å². The van der Waals surface area contributed by atoms with Crippen LogP contribution < -0.4 is 15.4 Å². The fourth-order valence-electron chi connectivity index (χ4n) is 4.80. The van der Waals surface area contributed by atoms with Crippen molar-refractivity contribution in [3.05, 3.63) is 113 Å². The quantitative estimate of drug-likeness (QED) is 0.324. The summed E-state index contributed by atoms with van der Waals surface area (Å²) >= 11 is 0. The third-order valence-corrected chi connectivity index (χ3v) is 6.91. The third-order valence-electron chi connectivity index (χ3n) is 6.91. The van der Waals surface area contributed by atoms with Crippen LogP contribution in [0.1, 0.15) is 52.5 Å². The lowest BCUT2D eigenvalue weighted by molar-refractivity contribution is -0.136. The molecular formula is C31H30N4O4. The highest BCUT2D eigenvalue weighted by Crippen LogP contribution is 2.34. The molecule has 39 heavy (non-hydrogen) atoms. The van der Waals surface area contributed by atoms with Crippen molar-refractivity contribution in [2.75, 3.05) is 0 Å². The van der Waals surface area contributed by atoms with Crippen molar-refractivity contribution in [1.29, 1.82) is 0 Å². The van der Waals surface area contributed by atoms with Crippen molar-refractivity contribution in [3.63, 3.8) is 0 Å². The number of hydrogen-bond acceptors (Lipinski definition) is 6. The summed E-state index contributed by atoms with van der Waals surface area (Å²) in [6.45, 7) is 3.31. The van der Waals surface area contributed by atoms with Gasteiger partial charge in [-0.1, -0.05) is 42.5 Å². The van der Waals surface area contributed by atoms with E-state index in [0.717, 1.165) is 28.0 Å². The number of hydrogen-bond donors (Lipinski definition) is 2. The first-order valence-electron chi connectivity index (χ1n) is 13.0. The zero-order valence-electron chi connectivity index (χ0n) is 21.7. The van der Waals surface area contributed by atoms with E-state index in [1.807, 2.05) is 61.7 Å². The zero-order chi connectivity index (χ0) is 27.2. The molecule has 1 saturated heterocycles. The number of piperidine rings is 1. The van der Waals surface area contributed by atoms with Crippen LogP contribution in [0.2, 0.25) is 0 Å². The molecule has 3 heterocycles. The molecule has 198 valence electrons. The second-order valence-electron chi connectivity index (χ2n) is 9.46. The highest BCUT2D eigenvalue weighted by Gasteiger charge is 2.40. The third kappa shape index (κ3) is 5.90. The number of imide groups is 1. The van der Waals surface area contributed by atoms with E-state index in [0.29, 0.717) is 30.9 Å². The van der Waals surface area contributed by atoms with Crippen molar-refractivity contribution in [3.8, 4) is 5.75 Å². The SMILES string of the molecule is CC=C(C=CNCc1ccc(COc2cccc3c2CN(C2CCC(=O)NC2=O)C3=O)cc1)c1ccccn1. The van der Waals surface area contributed by atoms with Gasteiger partial charge in [0.05, 0.1) is 12.2 Å². The lowest BCUT2D eigenvalue weighted by atomic mass is 10.0. The molecule has 0 aliphatic carbocycles. The number of nitrogens with one attached hydrogen (secondary N) is 2. The fourth-order valence-corrected chi connectivity index (χ4v) is 4.80. The second kappa shape index (κ2) is 11.8. The summed E-state index contributed by atoms with van der Waals surface area (Å²) in [4.78, 5) is 42.8. The van der Waals surface area contributed by atoms with Crippen LogP contribution in [0.3, 0.4) is 0 Å². The van der Waals surface area contributed by atoms with E-state index in [1.54, 1.807) is 18.3 Å². The average molecular weight is 523 g/mol. The summed E-state index contributed by atoms with van der Waals surface area (Å²) in [6, 6.07) is 18.7. The molecule has 1 aromatic heterocycles. The van der Waals surface area contributed by atoms with Crippen molar-refractivity contribution >= 4 is 23.3 Å². The van der Waals surface area contributed by atoms with E-state index in [2.05, 4.69) is 27.8 Å². The first kappa shape index (κ1) is 25.9. The summed E-state index contributed by atoms with van der Waals surface area (Å²) in [5.74, 6) is -0.307. The molecule has 5 rings (SSSR count). The Kier molecular flexibility index (Phi) is 7.82. The minimum absolute atomic E-state index is 0.211. The molecule has 0 bridgehead atoms. The maximum atomic E-state index is 13.0. The van der Waals surface area contributed by atoms with Gasteiger partial charge in [-0.25, -0.2) is 0 Å². The predicted molar refractivity (Wildman–Crippen MR) is 147 cm³/mol. The Morgan fingerprint density at radius 3 is 2.64 bits per heavy atom. The molecular weight excluding hydrogens is 492 g/mol. The van der Waals surface area contributed by atoms with Gasteiger partial charge in [0.2, 0.25) is 11.8 Å². The van der Waals surface area contributed by atoms with E-state index in [4.69, 9.17) is 4.74 Å². The molecule has 8 nitrogen and oxygen atoms in total. The molecule has 0 spiro atoms. The standard InChI is InChI=1S/C31H30N4O4/c1-2-23(26-7-3-4-16-33-26)15-17-32-18-21-9-11-22(12-10-21)20-39-28-8-5-6-24-25(28)19-35(31(24)38)27-13-14-29(36)34-30(27)37/h2-12,15-17,27,32H,13-14,18-20H2,1H3,(H,34,36,37). The van der Waals surface area contributed by atoms with E-state index < -0.39 is 11.9 Å². The van der Waals surface area contributed by atoms with E-state index in [9.17, 15) is 14.4 Å². The van der Waals surface area contributed by atoms with Crippen LogP contribution in [0.4, 0.5) is 0 Å². The molecule has 1 atom stereocenters. The largest absolute Gasteiger partial charge is 0.489 e. The lowest BCUT2D eigenvalue weighted by Gasteiger charge is -2.29. The van der Waals surface area contributed by atoms with Gasteiger partial charge in [0.25, 0.3) is 5.91 Å². The normalized spacial score (nSPS) is 17.4. The van der Waals surface area contributed by atoms with Gasteiger partial charge in [-0.2, -0.15) is 0 Å². The maximum Gasteiger partial charge on any atom is 0.255 e. The van der Waals surface area contributed by atoms with Crippen molar-refractivity contribution in [1.82, 2.24) is 20.5 Å². The summed E-state index contributed by atoms with van der Waals surface area (Å²) in [5, 5.41) is 5.65. The van der Waals surface area contributed by atoms with Gasteiger partial charge in [-0.15, -0.1) is 0 Å². The monoisotopic (exact) mass is 522 g/mol. The molecule has 3 aromatic rings. The summed E-state index contributed by atoms with van der Waals surface area (Å²) in [5.41, 5.74) is 5.42. The molecule has 2 aliphatic rings. The molecule has 2 aliphatic heterocycles. The number of ether oxygens (including phenoxy) is 1. The minimum Gasteiger partial charge on any atom is -0.489 e. The molecule has 3 amide bonds. The second-order valence-corrected chi connectivity index (χ2v) is 9.46. The highest BCUT2D eigenvalue weighted by atomic mass is 16.5. The fraction of sp³-hybridized carbons (Fsp3) is 0.226. The summed E-state index contributed by atoms with van der Waals surface area (Å²) in [7, 11) is 0. The van der Waals surface area contributed by atoms with Crippen LogP contribution in [-0.4, -0.2) is 33.6 Å². The van der Waals surface area contributed by atoms with E-state index in [-0.39, 0.29) is 24.8 Å². The molecule has 2 aromatic carbocycles. The van der Waals surface area contributed by atoms with Crippen LogP contribution in [0.5, 0.6) is 5.75 Å². The Hall–Kier alpha value is -4.72. The number of allylic oxidation sites excluding steroid dienone is 3. The zero-order valence-corrected chi connectivity index (χ0v) is 21.7. The Morgan fingerprint density at radius 1 is 1.08 bits per heavy atom. The van der Waals surface area contributed by atoms with Gasteiger partial charge in [-0.05, 0) is 66.6 Å². The number of nitrogens with zero attached hydrogens (tertiary/aromatic N) is 2. The maximum absolute atomic E-state index is 13.0. The number of rotatable bonds is 9. The molecule has 2 N–H and O–H groups in total. The van der Waals surface area contributed by atoms with Gasteiger partial charge in [0, 0.05) is 30.3 Å². The minimum atomic E-state index is -0.647. The van der Waals surface area contributed by atoms with Crippen LogP contribution in [0.25, 0.3) is 5.57 Å². The van der Waals surface area contributed by atoms with E-state index in [1.165, 1.54) is 4.90 Å². The molecule has 8 heteroatoms. The average Bonchev–Trinajstić information content (AvgIpc) is 3.29. The molecule has 1 fully saturated rings. The Bertz CT molecular complexity index is 1430. The van der Waals surface area contributed by atoms with Crippen LogP contribution in [0.15, 0.2) is 85.2 Å². The number of amides is 3. The summed E-state index contributed by atoms with van der Waals surface area (Å²) < 4.78 is 6.11. The molecule has 0 saturated carbocycles. The first-order chi connectivity index (χ1) is 19.0. The molecule has 0 radical (unpaired) electrons. The predicted octanol–water partition coefficient (Wildman–Crippen LogP) is 4.13. The van der Waals surface area contributed by atoms with Crippen molar-refractivity contribution < 1.29 is 19.1 Å². The topological polar surface area (TPSA) is 101 Å². The Labute approximate surface area is 227 Å². The van der Waals surface area contributed by atoms with Gasteiger partial charge >= 0.3 is 0 Å². The van der Waals surface area contributed by atoms with Crippen LogP contribution >= 0.6 is 0 Å². The van der Waals surface area contributed by atoms with Gasteiger partial charge in [0.15, 0.2) is 0 Å². The van der Waals surface area contributed by atoms with Gasteiger partial charge in [-0.3, -0.25) is 24.7 Å².